The summed E-state index contributed by atoms with van der Waals surface area (Å²) in [6.07, 6.45) is 2.05. The predicted octanol–water partition coefficient (Wildman–Crippen LogP) is 3.46. The number of aromatic nitrogens is 1. The maximum atomic E-state index is 10.7. The van der Waals surface area contributed by atoms with E-state index in [0.29, 0.717) is 12.1 Å². The quantitative estimate of drug-likeness (QED) is 0.782. The molecule has 1 aliphatic heterocycles. The molecule has 1 fully saturated rings. The van der Waals surface area contributed by atoms with Gasteiger partial charge in [0, 0.05) is 25.2 Å². The summed E-state index contributed by atoms with van der Waals surface area (Å²) in [7, 11) is 0. The largest absolute Gasteiger partial charge is 0.391 e. The molecule has 0 unspecified atom stereocenters. The van der Waals surface area contributed by atoms with Gasteiger partial charge in [0.05, 0.1) is 17.7 Å². The molecule has 0 spiro atoms. The number of β-amino-alcohol motifs (C(OH)–C–C–N with tert-alkyl or cyclic N) is 1. The molecule has 4 nitrogen and oxygen atoms in total. The second-order valence-corrected chi connectivity index (χ2v) is 6.53. The van der Waals surface area contributed by atoms with Gasteiger partial charge in [0.25, 0.3) is 0 Å². The van der Waals surface area contributed by atoms with Crippen LogP contribution in [0.2, 0.25) is 0 Å². The van der Waals surface area contributed by atoms with Gasteiger partial charge in [0.1, 0.15) is 5.82 Å². The minimum atomic E-state index is -0.456. The van der Waals surface area contributed by atoms with Crippen molar-refractivity contribution in [3.05, 3.63) is 71.9 Å². The van der Waals surface area contributed by atoms with Gasteiger partial charge >= 0.3 is 0 Å². The third-order valence-corrected chi connectivity index (χ3v) is 4.98. The fraction of sp³-hybridized carbons (Fsp3) is 0.238. The topological polar surface area (TPSA) is 60.2 Å². The average molecular weight is 329 g/mol. The molecule has 2 heterocycles. The zero-order chi connectivity index (χ0) is 17.2. The summed E-state index contributed by atoms with van der Waals surface area (Å²) in [6.45, 7) is 1.34. The molecule has 0 amide bonds. The summed E-state index contributed by atoms with van der Waals surface area (Å²) in [6, 6.07) is 20.3. The van der Waals surface area contributed by atoms with Gasteiger partial charge in [-0.1, -0.05) is 42.5 Å². The molecule has 124 valence electrons. The van der Waals surface area contributed by atoms with Crippen molar-refractivity contribution >= 4 is 16.6 Å². The molecular weight excluding hydrogens is 310 g/mol. The number of aliphatic hydroxyl groups is 1. The highest BCUT2D eigenvalue weighted by Crippen LogP contribution is 2.32. The molecule has 1 saturated heterocycles. The van der Waals surface area contributed by atoms with Gasteiger partial charge in [-0.2, -0.15) is 5.26 Å². The molecule has 1 aliphatic rings. The minimum absolute atomic E-state index is 0.125. The zero-order valence-electron chi connectivity index (χ0n) is 13.8. The maximum absolute atomic E-state index is 10.7. The van der Waals surface area contributed by atoms with E-state index < -0.39 is 6.10 Å². The number of aliphatic hydroxyl groups excluding tert-OH is 1. The number of nitriles is 1. The van der Waals surface area contributed by atoms with Crippen molar-refractivity contribution in [1.82, 2.24) is 4.98 Å². The molecule has 4 rings (SSSR count). The summed E-state index contributed by atoms with van der Waals surface area (Å²) < 4.78 is 0. The summed E-state index contributed by atoms with van der Waals surface area (Å²) >= 11 is 0. The van der Waals surface area contributed by atoms with Gasteiger partial charge in [0.2, 0.25) is 0 Å². The number of anilines is 1. The van der Waals surface area contributed by atoms with E-state index in [1.807, 2.05) is 12.1 Å². The monoisotopic (exact) mass is 329 g/mol. The Hall–Kier alpha value is -2.90. The van der Waals surface area contributed by atoms with Crippen molar-refractivity contribution in [2.45, 2.75) is 18.4 Å². The van der Waals surface area contributed by atoms with Crippen LogP contribution in [0.4, 0.5) is 5.82 Å². The molecule has 3 aromatic rings. The Kier molecular flexibility index (Phi) is 4.09. The van der Waals surface area contributed by atoms with Crippen LogP contribution in [-0.2, 0) is 0 Å². The Morgan fingerprint density at radius 1 is 1.08 bits per heavy atom. The van der Waals surface area contributed by atoms with Crippen molar-refractivity contribution in [2.24, 2.45) is 0 Å². The van der Waals surface area contributed by atoms with Crippen molar-refractivity contribution in [1.29, 1.82) is 5.26 Å². The van der Waals surface area contributed by atoms with Gasteiger partial charge in [-0.15, -0.1) is 0 Å². The molecule has 1 N–H and O–H groups in total. The van der Waals surface area contributed by atoms with Crippen molar-refractivity contribution in [2.75, 3.05) is 18.0 Å². The van der Waals surface area contributed by atoms with E-state index in [0.717, 1.165) is 18.8 Å². The molecule has 0 bridgehead atoms. The third kappa shape index (κ3) is 3.07. The minimum Gasteiger partial charge on any atom is -0.391 e. The number of fused-ring (bicyclic) bond motifs is 1. The number of pyridine rings is 1. The van der Waals surface area contributed by atoms with Crippen molar-refractivity contribution in [3.8, 4) is 6.07 Å². The second kappa shape index (κ2) is 6.54. The Bertz CT molecular complexity index is 947. The molecule has 1 aromatic heterocycles. The smallest absolute Gasteiger partial charge is 0.129 e. The fourth-order valence-corrected chi connectivity index (χ4v) is 3.63. The summed E-state index contributed by atoms with van der Waals surface area (Å²) in [4.78, 5) is 6.41. The normalized spacial score (nSPS) is 20.4. The first kappa shape index (κ1) is 15.6. The van der Waals surface area contributed by atoms with E-state index in [9.17, 15) is 5.11 Å². The number of benzene rings is 2. The first-order chi connectivity index (χ1) is 12.2. The van der Waals surface area contributed by atoms with Crippen LogP contribution >= 0.6 is 0 Å². The molecule has 2 aromatic carbocycles. The third-order valence-electron chi connectivity index (χ3n) is 4.98. The van der Waals surface area contributed by atoms with Crippen LogP contribution in [0.3, 0.4) is 0 Å². The van der Waals surface area contributed by atoms with E-state index in [4.69, 9.17) is 5.26 Å². The lowest BCUT2D eigenvalue weighted by Gasteiger charge is -2.37. The highest BCUT2D eigenvalue weighted by atomic mass is 16.3. The highest BCUT2D eigenvalue weighted by Gasteiger charge is 2.29. The zero-order valence-corrected chi connectivity index (χ0v) is 13.8. The van der Waals surface area contributed by atoms with E-state index >= 15 is 0 Å². The number of hydrogen-bond donors (Lipinski definition) is 1. The summed E-state index contributed by atoms with van der Waals surface area (Å²) in [5, 5.41) is 22.2. The van der Waals surface area contributed by atoms with Crippen LogP contribution in [0.25, 0.3) is 10.8 Å². The molecule has 25 heavy (non-hydrogen) atoms. The molecule has 0 radical (unpaired) electrons. The number of nitrogens with zero attached hydrogens (tertiary/aromatic N) is 3. The van der Waals surface area contributed by atoms with Crippen LogP contribution in [0.5, 0.6) is 0 Å². The predicted molar refractivity (Wildman–Crippen MR) is 98.5 cm³/mol. The molecule has 0 saturated carbocycles. The SMILES string of the molecule is N#Cc1ccnc(N2CC[C@@H](c3ccc4ccccc4c3)[C@H](O)C2)c1. The lowest BCUT2D eigenvalue weighted by atomic mass is 9.86. The number of hydrogen-bond acceptors (Lipinski definition) is 4. The van der Waals surface area contributed by atoms with Gasteiger partial charge in [0.15, 0.2) is 0 Å². The number of piperidine rings is 1. The van der Waals surface area contributed by atoms with E-state index in [1.165, 1.54) is 16.3 Å². The lowest BCUT2D eigenvalue weighted by Crippen LogP contribution is -2.43. The maximum Gasteiger partial charge on any atom is 0.129 e. The standard InChI is InChI=1S/C21H19N3O/c22-13-15-7-9-23-21(11-15)24-10-8-19(20(25)14-24)18-6-5-16-3-1-2-4-17(16)12-18/h1-7,9,11-12,19-20,25H,8,10,14H2/t19-,20+/m0/s1. The highest BCUT2D eigenvalue weighted by molar-refractivity contribution is 5.83. The van der Waals surface area contributed by atoms with E-state index in [-0.39, 0.29) is 5.92 Å². The Morgan fingerprint density at radius 2 is 1.92 bits per heavy atom. The van der Waals surface area contributed by atoms with Crippen LogP contribution < -0.4 is 4.90 Å². The van der Waals surface area contributed by atoms with Gasteiger partial charge in [-0.05, 0) is 34.9 Å². The van der Waals surface area contributed by atoms with E-state index in [1.54, 1.807) is 18.3 Å². The van der Waals surface area contributed by atoms with Crippen molar-refractivity contribution in [3.63, 3.8) is 0 Å². The Balaban J connectivity index is 1.55. The van der Waals surface area contributed by atoms with Gasteiger partial charge in [-0.25, -0.2) is 4.98 Å². The Labute approximate surface area is 147 Å². The molecule has 4 heteroatoms. The molecule has 0 aliphatic carbocycles. The van der Waals surface area contributed by atoms with Crippen molar-refractivity contribution < 1.29 is 5.11 Å². The molecular formula is C21H19N3O. The fourth-order valence-electron chi connectivity index (χ4n) is 3.63. The number of rotatable bonds is 2. The van der Waals surface area contributed by atoms with E-state index in [2.05, 4.69) is 46.3 Å². The summed E-state index contributed by atoms with van der Waals surface area (Å²) in [5.74, 6) is 0.884. The van der Waals surface area contributed by atoms with Crippen LogP contribution in [0.1, 0.15) is 23.5 Å². The average Bonchev–Trinajstić information content (AvgIpc) is 2.67. The van der Waals surface area contributed by atoms with Crippen LogP contribution in [-0.4, -0.2) is 29.3 Å². The second-order valence-electron chi connectivity index (χ2n) is 6.53. The first-order valence-electron chi connectivity index (χ1n) is 8.52. The summed E-state index contributed by atoms with van der Waals surface area (Å²) in [5.41, 5.74) is 1.78. The van der Waals surface area contributed by atoms with Gasteiger partial charge in [-0.3, -0.25) is 0 Å². The van der Waals surface area contributed by atoms with Gasteiger partial charge < -0.3 is 10.0 Å². The Morgan fingerprint density at radius 3 is 2.72 bits per heavy atom. The lowest BCUT2D eigenvalue weighted by molar-refractivity contribution is 0.129. The first-order valence-corrected chi connectivity index (χ1v) is 8.52. The molecule has 2 atom stereocenters. The van der Waals surface area contributed by atoms with Crippen LogP contribution in [0.15, 0.2) is 60.8 Å². The van der Waals surface area contributed by atoms with Crippen LogP contribution in [0, 0.1) is 11.3 Å².